The zero-order valence-electron chi connectivity index (χ0n) is 15.0. The van der Waals surface area contributed by atoms with Crippen LogP contribution in [0.2, 0.25) is 0 Å². The third kappa shape index (κ3) is 3.21. The van der Waals surface area contributed by atoms with Crippen LogP contribution in [0.1, 0.15) is 55.1 Å². The standard InChI is InChI=1S/C19H22N6O2/c26-19-24(12-16-21-18(27-23-16)13-8-9-13)22-17(14-5-4-10-20-11-14)25(19)15-6-2-1-3-7-15/h1-3,6-7,13-14,20H,4-5,8-12H2. The van der Waals surface area contributed by atoms with Gasteiger partial charge in [0.05, 0.1) is 5.69 Å². The molecule has 2 aliphatic rings. The SMILES string of the molecule is O=c1n(Cc2noc(C3CC3)n2)nc(C2CCCNC2)n1-c1ccccc1. The monoisotopic (exact) mass is 366 g/mol. The summed E-state index contributed by atoms with van der Waals surface area (Å²) in [6, 6.07) is 9.69. The number of para-hydroxylation sites is 1. The summed E-state index contributed by atoms with van der Waals surface area (Å²) >= 11 is 0. The van der Waals surface area contributed by atoms with Gasteiger partial charge in [-0.05, 0) is 44.4 Å². The van der Waals surface area contributed by atoms with E-state index in [9.17, 15) is 4.79 Å². The summed E-state index contributed by atoms with van der Waals surface area (Å²) in [6.07, 6.45) is 4.30. The molecule has 0 amide bonds. The summed E-state index contributed by atoms with van der Waals surface area (Å²) in [6.45, 7) is 2.07. The second-order valence-electron chi connectivity index (χ2n) is 7.34. The van der Waals surface area contributed by atoms with Crippen LogP contribution in [0.5, 0.6) is 0 Å². The second-order valence-corrected chi connectivity index (χ2v) is 7.34. The first-order chi connectivity index (χ1) is 13.3. The van der Waals surface area contributed by atoms with Gasteiger partial charge in [0.1, 0.15) is 12.4 Å². The van der Waals surface area contributed by atoms with Crippen LogP contribution in [0.3, 0.4) is 0 Å². The maximum absolute atomic E-state index is 13.1. The Balaban J connectivity index is 1.53. The van der Waals surface area contributed by atoms with E-state index in [1.54, 1.807) is 4.57 Å². The molecule has 0 spiro atoms. The van der Waals surface area contributed by atoms with Crippen molar-refractivity contribution in [2.75, 3.05) is 13.1 Å². The molecule has 1 aliphatic heterocycles. The highest BCUT2D eigenvalue weighted by molar-refractivity contribution is 5.33. The van der Waals surface area contributed by atoms with Crippen LogP contribution in [0.25, 0.3) is 5.69 Å². The van der Waals surface area contributed by atoms with Crippen molar-refractivity contribution in [1.82, 2.24) is 29.8 Å². The van der Waals surface area contributed by atoms with Crippen molar-refractivity contribution in [3.8, 4) is 5.69 Å². The van der Waals surface area contributed by atoms with E-state index in [1.807, 2.05) is 30.3 Å². The molecule has 1 saturated carbocycles. The van der Waals surface area contributed by atoms with Gasteiger partial charge in [0.25, 0.3) is 0 Å². The topological polar surface area (TPSA) is 90.8 Å². The van der Waals surface area contributed by atoms with E-state index in [0.717, 1.165) is 50.3 Å². The Labute approximate surface area is 156 Å². The largest absolute Gasteiger partial charge is 0.351 e. The molecule has 5 rings (SSSR count). The molecule has 2 aromatic heterocycles. The lowest BCUT2D eigenvalue weighted by Gasteiger charge is -2.22. The minimum absolute atomic E-state index is 0.167. The molecular weight excluding hydrogens is 344 g/mol. The van der Waals surface area contributed by atoms with Crippen LogP contribution >= 0.6 is 0 Å². The van der Waals surface area contributed by atoms with Crippen molar-refractivity contribution in [2.45, 2.75) is 44.1 Å². The van der Waals surface area contributed by atoms with Gasteiger partial charge >= 0.3 is 5.69 Å². The van der Waals surface area contributed by atoms with Crippen LogP contribution in [-0.2, 0) is 6.54 Å². The van der Waals surface area contributed by atoms with E-state index in [-0.39, 0.29) is 18.2 Å². The molecule has 2 fully saturated rings. The molecule has 0 radical (unpaired) electrons. The number of nitrogens with zero attached hydrogens (tertiary/aromatic N) is 5. The van der Waals surface area contributed by atoms with Gasteiger partial charge in [-0.3, -0.25) is 0 Å². The Morgan fingerprint density at radius 1 is 1.15 bits per heavy atom. The molecular formula is C19H22N6O2. The lowest BCUT2D eigenvalue weighted by molar-refractivity contribution is 0.372. The predicted octanol–water partition coefficient (Wildman–Crippen LogP) is 1.81. The maximum atomic E-state index is 13.1. The fourth-order valence-corrected chi connectivity index (χ4v) is 3.65. The normalized spacial score (nSPS) is 20.1. The van der Waals surface area contributed by atoms with E-state index in [4.69, 9.17) is 4.52 Å². The van der Waals surface area contributed by atoms with Gasteiger partial charge in [-0.15, -0.1) is 0 Å². The molecule has 0 bridgehead atoms. The third-order valence-electron chi connectivity index (χ3n) is 5.24. The summed E-state index contributed by atoms with van der Waals surface area (Å²) in [7, 11) is 0. The van der Waals surface area contributed by atoms with E-state index in [0.29, 0.717) is 17.6 Å². The molecule has 1 unspecified atom stereocenters. The van der Waals surface area contributed by atoms with Gasteiger partial charge in [-0.25, -0.2) is 14.0 Å². The first-order valence-corrected chi connectivity index (χ1v) is 9.58. The minimum atomic E-state index is -0.167. The molecule has 3 heterocycles. The van der Waals surface area contributed by atoms with Gasteiger partial charge in [0.2, 0.25) is 5.89 Å². The van der Waals surface area contributed by atoms with Gasteiger partial charge in [-0.1, -0.05) is 23.4 Å². The summed E-state index contributed by atoms with van der Waals surface area (Å²) < 4.78 is 8.50. The number of nitrogens with one attached hydrogen (secondary N) is 1. The molecule has 1 saturated heterocycles. The summed E-state index contributed by atoms with van der Waals surface area (Å²) in [4.78, 5) is 17.6. The quantitative estimate of drug-likeness (QED) is 0.741. The van der Waals surface area contributed by atoms with Crippen molar-refractivity contribution in [3.05, 3.63) is 58.4 Å². The van der Waals surface area contributed by atoms with Crippen molar-refractivity contribution < 1.29 is 4.52 Å². The Bertz CT molecular complexity index is 979. The molecule has 140 valence electrons. The first kappa shape index (κ1) is 16.4. The number of benzene rings is 1. The van der Waals surface area contributed by atoms with Crippen molar-refractivity contribution in [1.29, 1.82) is 0 Å². The summed E-state index contributed by atoms with van der Waals surface area (Å²) in [5.74, 6) is 2.58. The lowest BCUT2D eigenvalue weighted by atomic mass is 9.99. The van der Waals surface area contributed by atoms with Gasteiger partial charge in [0.15, 0.2) is 5.82 Å². The van der Waals surface area contributed by atoms with E-state index in [2.05, 4.69) is 20.6 Å². The van der Waals surface area contributed by atoms with Crippen LogP contribution in [-0.4, -0.2) is 37.6 Å². The van der Waals surface area contributed by atoms with Crippen molar-refractivity contribution >= 4 is 0 Å². The fourth-order valence-electron chi connectivity index (χ4n) is 3.65. The van der Waals surface area contributed by atoms with Crippen LogP contribution in [0, 0.1) is 0 Å². The maximum Gasteiger partial charge on any atom is 0.351 e. The average molecular weight is 366 g/mol. The molecule has 3 aromatic rings. The molecule has 1 N–H and O–H groups in total. The molecule has 1 atom stereocenters. The number of rotatable bonds is 5. The molecule has 1 aromatic carbocycles. The molecule has 1 aliphatic carbocycles. The number of hydrogen-bond acceptors (Lipinski definition) is 6. The average Bonchev–Trinajstić information content (AvgIpc) is 3.38. The van der Waals surface area contributed by atoms with Crippen molar-refractivity contribution in [3.63, 3.8) is 0 Å². The smallest absolute Gasteiger partial charge is 0.339 e. The number of aromatic nitrogens is 5. The lowest BCUT2D eigenvalue weighted by Crippen LogP contribution is -2.31. The Morgan fingerprint density at radius 3 is 2.74 bits per heavy atom. The second kappa shape index (κ2) is 6.77. The molecule has 8 heteroatoms. The number of piperidine rings is 1. The van der Waals surface area contributed by atoms with E-state index >= 15 is 0 Å². The van der Waals surface area contributed by atoms with Crippen molar-refractivity contribution in [2.24, 2.45) is 0 Å². The van der Waals surface area contributed by atoms with Crippen LogP contribution < -0.4 is 11.0 Å². The zero-order chi connectivity index (χ0) is 18.2. The van der Waals surface area contributed by atoms with Crippen LogP contribution in [0.15, 0.2) is 39.6 Å². The number of hydrogen-bond donors (Lipinski definition) is 1. The third-order valence-corrected chi connectivity index (χ3v) is 5.24. The highest BCUT2D eigenvalue weighted by Gasteiger charge is 2.30. The highest BCUT2D eigenvalue weighted by Crippen LogP contribution is 2.38. The Kier molecular flexibility index (Phi) is 4.12. The van der Waals surface area contributed by atoms with Gasteiger partial charge < -0.3 is 9.84 Å². The fraction of sp³-hybridized carbons (Fsp3) is 0.474. The first-order valence-electron chi connectivity index (χ1n) is 9.58. The minimum Gasteiger partial charge on any atom is -0.339 e. The zero-order valence-corrected chi connectivity index (χ0v) is 15.0. The van der Waals surface area contributed by atoms with Gasteiger partial charge in [-0.2, -0.15) is 10.1 Å². The molecule has 8 nitrogen and oxygen atoms in total. The van der Waals surface area contributed by atoms with E-state index < -0.39 is 0 Å². The summed E-state index contributed by atoms with van der Waals surface area (Å²) in [5.41, 5.74) is 0.667. The Hall–Kier alpha value is -2.74. The van der Waals surface area contributed by atoms with Gasteiger partial charge in [0, 0.05) is 18.4 Å². The van der Waals surface area contributed by atoms with E-state index in [1.165, 1.54) is 4.68 Å². The summed E-state index contributed by atoms with van der Waals surface area (Å²) in [5, 5.41) is 12.1. The molecule has 27 heavy (non-hydrogen) atoms. The highest BCUT2D eigenvalue weighted by atomic mass is 16.5. The van der Waals surface area contributed by atoms with Crippen LogP contribution in [0.4, 0.5) is 0 Å². The Morgan fingerprint density at radius 2 is 2.00 bits per heavy atom. The predicted molar refractivity (Wildman–Crippen MR) is 98.0 cm³/mol.